The van der Waals surface area contributed by atoms with Crippen molar-refractivity contribution >= 4 is 29.6 Å². The third kappa shape index (κ3) is 3.16. The van der Waals surface area contributed by atoms with Gasteiger partial charge in [-0.15, -0.1) is 0 Å². The summed E-state index contributed by atoms with van der Waals surface area (Å²) in [7, 11) is 0. The molecule has 8 nitrogen and oxygen atoms in total. The number of aromatic nitrogens is 1. The molecule has 128 valence electrons. The highest BCUT2D eigenvalue weighted by atomic mass is 32.2. The summed E-state index contributed by atoms with van der Waals surface area (Å²) in [4.78, 5) is 36.6. The number of nitrogens with zero attached hydrogens (tertiary/aromatic N) is 2. The van der Waals surface area contributed by atoms with Gasteiger partial charge >= 0.3 is 6.03 Å². The molecule has 9 heteroatoms. The van der Waals surface area contributed by atoms with Crippen LogP contribution in [0.3, 0.4) is 0 Å². The molecule has 0 atom stereocenters. The fourth-order valence-corrected chi connectivity index (χ4v) is 3.74. The molecule has 2 heterocycles. The van der Waals surface area contributed by atoms with Crippen molar-refractivity contribution in [2.45, 2.75) is 42.7 Å². The first kappa shape index (κ1) is 16.6. The number of nitrogens with one attached hydrogen (secondary N) is 2. The van der Waals surface area contributed by atoms with Gasteiger partial charge < -0.3 is 10.5 Å². The number of thioether (sulfide) groups is 1. The molecule has 0 unspecified atom stereocenters. The van der Waals surface area contributed by atoms with Gasteiger partial charge in [0.15, 0.2) is 6.20 Å². The van der Waals surface area contributed by atoms with E-state index in [1.165, 1.54) is 6.20 Å². The number of imide groups is 1. The number of rotatable bonds is 4. The second-order valence-electron chi connectivity index (χ2n) is 5.90. The Morgan fingerprint density at radius 1 is 1.33 bits per heavy atom. The Bertz CT molecular complexity index is 675. The third-order valence-electron chi connectivity index (χ3n) is 4.25. The molecule has 2 N–H and O–H groups in total. The predicted molar refractivity (Wildman–Crippen MR) is 85.5 cm³/mol. The largest absolute Gasteiger partial charge is 0.618 e. The smallest absolute Gasteiger partial charge is 0.344 e. The minimum atomic E-state index is -0.868. The highest BCUT2D eigenvalue weighted by Crippen LogP contribution is 2.33. The number of urea groups is 1. The van der Waals surface area contributed by atoms with Crippen molar-refractivity contribution in [3.05, 3.63) is 29.6 Å². The van der Waals surface area contributed by atoms with E-state index in [9.17, 15) is 19.6 Å². The Hall–Kier alpha value is -2.29. The quantitative estimate of drug-likeness (QED) is 0.360. The molecule has 1 aromatic heterocycles. The molecule has 1 spiro atoms. The molecular formula is C15H18N4O4S. The Labute approximate surface area is 143 Å². The zero-order valence-electron chi connectivity index (χ0n) is 13.0. The van der Waals surface area contributed by atoms with Crippen molar-refractivity contribution < 1.29 is 19.1 Å². The van der Waals surface area contributed by atoms with Gasteiger partial charge in [-0.05, 0) is 30.7 Å². The third-order valence-corrected chi connectivity index (χ3v) is 5.26. The van der Waals surface area contributed by atoms with E-state index in [1.54, 1.807) is 18.2 Å². The van der Waals surface area contributed by atoms with Crippen molar-refractivity contribution in [1.82, 2.24) is 15.8 Å². The van der Waals surface area contributed by atoms with Crippen molar-refractivity contribution in [1.29, 1.82) is 0 Å². The molecule has 3 rings (SSSR count). The first-order valence-electron chi connectivity index (χ1n) is 7.79. The Morgan fingerprint density at radius 2 is 2.08 bits per heavy atom. The Kier molecular flexibility index (Phi) is 4.61. The highest BCUT2D eigenvalue weighted by molar-refractivity contribution is 7.99. The fraction of sp³-hybridized carbons (Fsp3) is 0.467. The summed E-state index contributed by atoms with van der Waals surface area (Å²) in [5, 5.41) is 15.4. The Balaban J connectivity index is 1.59. The molecule has 4 amide bonds. The van der Waals surface area contributed by atoms with Crippen LogP contribution in [0.15, 0.2) is 29.4 Å². The van der Waals surface area contributed by atoms with E-state index < -0.39 is 23.4 Å². The number of hydrazine groups is 1. The molecule has 1 aliphatic carbocycles. The average Bonchev–Trinajstić information content (AvgIpc) is 2.79. The summed E-state index contributed by atoms with van der Waals surface area (Å²) < 4.78 is 0.655. The SMILES string of the molecule is O=C(CSc1cccc[n+]1[O-])NN1C(=O)NC2(CCCCC2)C1=O. The van der Waals surface area contributed by atoms with Gasteiger partial charge in [0.05, 0.1) is 5.75 Å². The minimum absolute atomic E-state index is 0.0731. The maximum atomic E-state index is 12.5. The highest BCUT2D eigenvalue weighted by Gasteiger charge is 2.52. The summed E-state index contributed by atoms with van der Waals surface area (Å²) in [5.74, 6) is -0.986. The van der Waals surface area contributed by atoms with Crippen LogP contribution in [0, 0.1) is 5.21 Å². The van der Waals surface area contributed by atoms with Gasteiger partial charge in [0, 0.05) is 12.1 Å². The molecule has 2 fully saturated rings. The van der Waals surface area contributed by atoms with Crippen molar-refractivity contribution in [3.63, 3.8) is 0 Å². The number of carbonyl (C=O) groups excluding carboxylic acids is 3. The van der Waals surface area contributed by atoms with E-state index in [2.05, 4.69) is 10.7 Å². The molecule has 24 heavy (non-hydrogen) atoms. The lowest BCUT2D eigenvalue weighted by atomic mass is 9.82. The normalized spacial score (nSPS) is 19.4. The lowest BCUT2D eigenvalue weighted by Crippen LogP contribution is -2.51. The second kappa shape index (κ2) is 6.68. The van der Waals surface area contributed by atoms with Gasteiger partial charge in [-0.2, -0.15) is 9.74 Å². The van der Waals surface area contributed by atoms with Crippen LogP contribution >= 0.6 is 11.8 Å². The second-order valence-corrected chi connectivity index (χ2v) is 6.90. The van der Waals surface area contributed by atoms with Crippen LogP contribution < -0.4 is 15.5 Å². The molecule has 1 saturated carbocycles. The van der Waals surface area contributed by atoms with Crippen LogP contribution in [0.25, 0.3) is 0 Å². The average molecular weight is 350 g/mol. The van der Waals surface area contributed by atoms with Crippen LogP contribution in [0.5, 0.6) is 0 Å². The first-order valence-corrected chi connectivity index (χ1v) is 8.78. The zero-order valence-corrected chi connectivity index (χ0v) is 13.8. The van der Waals surface area contributed by atoms with Gasteiger partial charge in [-0.3, -0.25) is 15.0 Å². The van der Waals surface area contributed by atoms with Crippen molar-refractivity contribution in [3.8, 4) is 0 Å². The number of amides is 4. The Morgan fingerprint density at radius 3 is 2.79 bits per heavy atom. The summed E-state index contributed by atoms with van der Waals surface area (Å²) >= 11 is 1.04. The van der Waals surface area contributed by atoms with Gasteiger partial charge in [0.2, 0.25) is 5.91 Å². The van der Waals surface area contributed by atoms with Crippen LogP contribution in [0.1, 0.15) is 32.1 Å². The van der Waals surface area contributed by atoms with E-state index in [4.69, 9.17) is 0 Å². The monoisotopic (exact) mass is 350 g/mol. The van der Waals surface area contributed by atoms with E-state index in [0.29, 0.717) is 22.6 Å². The topological polar surface area (TPSA) is 105 Å². The van der Waals surface area contributed by atoms with Crippen LogP contribution in [0.4, 0.5) is 4.79 Å². The number of hydrogen-bond donors (Lipinski definition) is 2. The summed E-state index contributed by atoms with van der Waals surface area (Å²) in [6, 6.07) is 4.28. The summed E-state index contributed by atoms with van der Waals surface area (Å²) in [6.07, 6.45) is 5.32. The molecule has 2 aliphatic rings. The number of hydrogen-bond acceptors (Lipinski definition) is 5. The van der Waals surface area contributed by atoms with Crippen molar-refractivity contribution in [2.75, 3.05) is 5.75 Å². The standard InChI is InChI=1S/C15H18N4O4S/c20-11(10-24-12-6-2-5-9-18(12)23)17-19-13(21)15(16-14(19)22)7-3-1-4-8-15/h2,5-6,9H,1,3-4,7-8,10H2,(H,16,22)(H,17,20). The lowest BCUT2D eigenvalue weighted by Gasteiger charge is -2.30. The molecule has 0 bridgehead atoms. The minimum Gasteiger partial charge on any atom is -0.618 e. The van der Waals surface area contributed by atoms with Crippen LogP contribution in [-0.2, 0) is 9.59 Å². The molecule has 0 aromatic carbocycles. The zero-order chi connectivity index (χ0) is 17.2. The van der Waals surface area contributed by atoms with Crippen molar-refractivity contribution in [2.24, 2.45) is 0 Å². The molecular weight excluding hydrogens is 332 g/mol. The molecule has 1 saturated heterocycles. The van der Waals surface area contributed by atoms with Gasteiger partial charge in [0.25, 0.3) is 10.9 Å². The van der Waals surface area contributed by atoms with Crippen LogP contribution in [0.2, 0.25) is 0 Å². The van der Waals surface area contributed by atoms with Gasteiger partial charge in [-0.1, -0.05) is 19.3 Å². The number of carbonyl (C=O) groups is 3. The fourth-order valence-electron chi connectivity index (χ4n) is 3.04. The lowest BCUT2D eigenvalue weighted by molar-refractivity contribution is -0.645. The summed E-state index contributed by atoms with van der Waals surface area (Å²) in [5.41, 5.74) is 1.47. The molecule has 0 radical (unpaired) electrons. The maximum Gasteiger partial charge on any atom is 0.344 e. The number of pyridine rings is 1. The molecule has 1 aliphatic heterocycles. The molecule has 1 aromatic rings. The van der Waals surface area contributed by atoms with Gasteiger partial charge in [0.1, 0.15) is 5.54 Å². The van der Waals surface area contributed by atoms with E-state index in [1.807, 2.05) is 0 Å². The first-order chi connectivity index (χ1) is 11.5. The predicted octanol–water partition coefficient (Wildman–Crippen LogP) is 0.698. The van der Waals surface area contributed by atoms with E-state index in [-0.39, 0.29) is 5.75 Å². The van der Waals surface area contributed by atoms with Crippen LogP contribution in [-0.4, -0.2) is 34.1 Å². The van der Waals surface area contributed by atoms with E-state index in [0.717, 1.165) is 36.0 Å². The maximum absolute atomic E-state index is 12.5. The van der Waals surface area contributed by atoms with Gasteiger partial charge in [-0.25, -0.2) is 4.79 Å². The van der Waals surface area contributed by atoms with E-state index >= 15 is 0 Å². The summed E-state index contributed by atoms with van der Waals surface area (Å²) in [6.45, 7) is 0.